The number of aryl methyl sites for hydroxylation is 2. The molecule has 2 rings (SSSR count). The van der Waals surface area contributed by atoms with Crippen molar-refractivity contribution in [1.82, 2.24) is 4.72 Å². The minimum absolute atomic E-state index is 0.101. The molecule has 0 aliphatic heterocycles. The third-order valence-electron chi connectivity index (χ3n) is 3.37. The van der Waals surface area contributed by atoms with Gasteiger partial charge in [0, 0.05) is 6.04 Å². The fourth-order valence-electron chi connectivity index (χ4n) is 2.20. The van der Waals surface area contributed by atoms with Gasteiger partial charge >= 0.3 is 0 Å². The lowest BCUT2D eigenvalue weighted by molar-refractivity contribution is 0.547. The number of benzene rings is 2. The van der Waals surface area contributed by atoms with Crippen LogP contribution in [-0.2, 0) is 16.4 Å². The molecule has 4 heteroatoms. The van der Waals surface area contributed by atoms with Crippen molar-refractivity contribution < 1.29 is 8.42 Å². The first-order valence-corrected chi connectivity index (χ1v) is 8.58. The summed E-state index contributed by atoms with van der Waals surface area (Å²) >= 11 is 0. The molecule has 0 aliphatic rings. The molecule has 21 heavy (non-hydrogen) atoms. The SMILES string of the molecule is Cc1cccc(S(=O)(=O)NC(C)CCc2ccccc2)c1. The molecule has 1 N–H and O–H groups in total. The molecule has 0 spiro atoms. The van der Waals surface area contributed by atoms with Gasteiger partial charge in [-0.3, -0.25) is 0 Å². The number of sulfonamides is 1. The Kier molecular flexibility index (Phi) is 5.15. The molecule has 112 valence electrons. The van der Waals surface area contributed by atoms with Crippen LogP contribution in [0.25, 0.3) is 0 Å². The van der Waals surface area contributed by atoms with Crippen molar-refractivity contribution in [3.63, 3.8) is 0 Å². The Hall–Kier alpha value is -1.65. The Bertz CT molecular complexity index is 681. The molecule has 0 amide bonds. The lowest BCUT2D eigenvalue weighted by atomic mass is 10.1. The van der Waals surface area contributed by atoms with Crippen LogP contribution >= 0.6 is 0 Å². The molecule has 3 nitrogen and oxygen atoms in total. The van der Waals surface area contributed by atoms with Crippen molar-refractivity contribution >= 4 is 10.0 Å². The quantitative estimate of drug-likeness (QED) is 0.890. The van der Waals surface area contributed by atoms with Crippen molar-refractivity contribution in [2.75, 3.05) is 0 Å². The van der Waals surface area contributed by atoms with Gasteiger partial charge in [0.1, 0.15) is 0 Å². The predicted octanol–water partition coefficient (Wildman–Crippen LogP) is 3.29. The highest BCUT2D eigenvalue weighted by atomic mass is 32.2. The van der Waals surface area contributed by atoms with Gasteiger partial charge in [-0.05, 0) is 49.9 Å². The van der Waals surface area contributed by atoms with Gasteiger partial charge in [0.25, 0.3) is 0 Å². The van der Waals surface area contributed by atoms with Crippen LogP contribution < -0.4 is 4.72 Å². The first-order valence-electron chi connectivity index (χ1n) is 7.10. The van der Waals surface area contributed by atoms with Gasteiger partial charge in [-0.25, -0.2) is 13.1 Å². The molecule has 0 aliphatic carbocycles. The summed E-state index contributed by atoms with van der Waals surface area (Å²) in [6.45, 7) is 3.79. The van der Waals surface area contributed by atoms with E-state index in [9.17, 15) is 8.42 Å². The Morgan fingerprint density at radius 2 is 1.76 bits per heavy atom. The molecule has 0 aromatic heterocycles. The summed E-state index contributed by atoms with van der Waals surface area (Å²) in [6.07, 6.45) is 1.63. The second kappa shape index (κ2) is 6.87. The number of nitrogens with one attached hydrogen (secondary N) is 1. The summed E-state index contributed by atoms with van der Waals surface area (Å²) in [4.78, 5) is 0.328. The molecule has 0 saturated carbocycles. The molecule has 2 aromatic carbocycles. The predicted molar refractivity (Wildman–Crippen MR) is 85.7 cm³/mol. The molecule has 1 atom stereocenters. The van der Waals surface area contributed by atoms with Crippen LogP contribution in [0.4, 0.5) is 0 Å². The molecule has 0 saturated heterocycles. The van der Waals surface area contributed by atoms with Gasteiger partial charge < -0.3 is 0 Å². The fraction of sp³-hybridized carbons (Fsp3) is 0.294. The number of hydrogen-bond acceptors (Lipinski definition) is 2. The smallest absolute Gasteiger partial charge is 0.208 e. The monoisotopic (exact) mass is 303 g/mol. The van der Waals surface area contributed by atoms with E-state index >= 15 is 0 Å². The summed E-state index contributed by atoms with van der Waals surface area (Å²) < 4.78 is 27.3. The number of rotatable bonds is 6. The van der Waals surface area contributed by atoms with Crippen molar-refractivity contribution in [3.05, 3.63) is 65.7 Å². The van der Waals surface area contributed by atoms with Crippen LogP contribution in [0.15, 0.2) is 59.5 Å². The third-order valence-corrected chi connectivity index (χ3v) is 4.95. The second-order valence-electron chi connectivity index (χ2n) is 5.36. The van der Waals surface area contributed by atoms with E-state index in [1.807, 2.05) is 38.1 Å². The van der Waals surface area contributed by atoms with E-state index in [0.717, 1.165) is 18.4 Å². The van der Waals surface area contributed by atoms with Gasteiger partial charge in [-0.1, -0.05) is 42.5 Å². The first kappa shape index (κ1) is 15.7. The summed E-state index contributed by atoms with van der Waals surface area (Å²) in [7, 11) is -3.44. The Morgan fingerprint density at radius 3 is 2.43 bits per heavy atom. The van der Waals surface area contributed by atoms with E-state index in [0.29, 0.717) is 4.90 Å². The average molecular weight is 303 g/mol. The lowest BCUT2D eigenvalue weighted by Crippen LogP contribution is -2.33. The maximum Gasteiger partial charge on any atom is 0.240 e. The van der Waals surface area contributed by atoms with Gasteiger partial charge in [0.05, 0.1) is 4.90 Å². The topological polar surface area (TPSA) is 46.2 Å². The summed E-state index contributed by atoms with van der Waals surface area (Å²) in [5, 5.41) is 0. The zero-order chi connectivity index (χ0) is 15.3. The molecular weight excluding hydrogens is 282 g/mol. The first-order chi connectivity index (χ1) is 9.97. The Balaban J connectivity index is 1.97. The van der Waals surface area contributed by atoms with Crippen LogP contribution in [0.3, 0.4) is 0 Å². The summed E-state index contributed by atoms with van der Waals surface area (Å²) in [5.74, 6) is 0. The zero-order valence-corrected chi connectivity index (χ0v) is 13.2. The minimum atomic E-state index is -3.44. The molecule has 2 aromatic rings. The van der Waals surface area contributed by atoms with Gasteiger partial charge in [0.2, 0.25) is 10.0 Å². The molecule has 0 heterocycles. The highest BCUT2D eigenvalue weighted by molar-refractivity contribution is 7.89. The maximum absolute atomic E-state index is 12.3. The van der Waals surface area contributed by atoms with Crippen LogP contribution in [0.2, 0.25) is 0 Å². The van der Waals surface area contributed by atoms with Crippen molar-refractivity contribution in [3.8, 4) is 0 Å². The summed E-state index contributed by atoms with van der Waals surface area (Å²) in [5.41, 5.74) is 2.16. The molecule has 0 fully saturated rings. The standard InChI is InChI=1S/C17H21NO2S/c1-14-7-6-10-17(13-14)21(19,20)18-15(2)11-12-16-8-4-3-5-9-16/h3-10,13,15,18H,11-12H2,1-2H3. The van der Waals surface area contributed by atoms with E-state index < -0.39 is 10.0 Å². The highest BCUT2D eigenvalue weighted by Gasteiger charge is 2.17. The van der Waals surface area contributed by atoms with E-state index in [2.05, 4.69) is 16.9 Å². The fourth-order valence-corrected chi connectivity index (χ4v) is 3.58. The lowest BCUT2D eigenvalue weighted by Gasteiger charge is -2.14. The van der Waals surface area contributed by atoms with Gasteiger partial charge in [0.15, 0.2) is 0 Å². The van der Waals surface area contributed by atoms with Crippen molar-refractivity contribution in [2.45, 2.75) is 37.6 Å². The Labute approximate surface area is 127 Å². The van der Waals surface area contributed by atoms with Crippen LogP contribution in [0.1, 0.15) is 24.5 Å². The van der Waals surface area contributed by atoms with Crippen LogP contribution in [0, 0.1) is 6.92 Å². The average Bonchev–Trinajstić information content (AvgIpc) is 2.46. The molecule has 1 unspecified atom stereocenters. The number of hydrogen-bond donors (Lipinski definition) is 1. The van der Waals surface area contributed by atoms with Crippen LogP contribution in [0.5, 0.6) is 0 Å². The highest BCUT2D eigenvalue weighted by Crippen LogP contribution is 2.12. The normalized spacial score (nSPS) is 13.0. The van der Waals surface area contributed by atoms with Gasteiger partial charge in [-0.2, -0.15) is 0 Å². The molecule has 0 radical (unpaired) electrons. The largest absolute Gasteiger partial charge is 0.240 e. The van der Waals surface area contributed by atoms with Gasteiger partial charge in [-0.15, -0.1) is 0 Å². The molecule has 0 bridgehead atoms. The van der Waals surface area contributed by atoms with Crippen molar-refractivity contribution in [1.29, 1.82) is 0 Å². The second-order valence-corrected chi connectivity index (χ2v) is 7.08. The van der Waals surface area contributed by atoms with E-state index in [-0.39, 0.29) is 6.04 Å². The maximum atomic E-state index is 12.3. The molecular formula is C17H21NO2S. The van der Waals surface area contributed by atoms with E-state index in [1.54, 1.807) is 18.2 Å². The summed E-state index contributed by atoms with van der Waals surface area (Å²) in [6, 6.07) is 16.9. The van der Waals surface area contributed by atoms with Crippen LogP contribution in [-0.4, -0.2) is 14.5 Å². The van der Waals surface area contributed by atoms with Crippen molar-refractivity contribution in [2.24, 2.45) is 0 Å². The Morgan fingerprint density at radius 1 is 1.05 bits per heavy atom. The van der Waals surface area contributed by atoms with E-state index in [1.165, 1.54) is 5.56 Å². The third kappa shape index (κ3) is 4.69. The van der Waals surface area contributed by atoms with E-state index in [4.69, 9.17) is 0 Å². The zero-order valence-electron chi connectivity index (χ0n) is 12.4. The minimum Gasteiger partial charge on any atom is -0.208 e.